The summed E-state index contributed by atoms with van der Waals surface area (Å²) in [6.07, 6.45) is -0.846. The van der Waals surface area contributed by atoms with Gasteiger partial charge in [-0.05, 0) is 42.2 Å². The van der Waals surface area contributed by atoms with Gasteiger partial charge in [-0.2, -0.15) is 0 Å². The Hall–Kier alpha value is -3.32. The van der Waals surface area contributed by atoms with Crippen LogP contribution in [0.1, 0.15) is 35.4 Å². The molecule has 0 bridgehead atoms. The number of hydrogen-bond donors (Lipinski definition) is 1. The molecule has 0 radical (unpaired) electrons. The van der Waals surface area contributed by atoms with Gasteiger partial charge in [-0.3, -0.25) is 0 Å². The van der Waals surface area contributed by atoms with Crippen molar-refractivity contribution in [3.8, 4) is 0 Å². The second-order valence-electron chi connectivity index (χ2n) is 8.11. The number of rotatable bonds is 6. The highest BCUT2D eigenvalue weighted by Gasteiger charge is 2.40. The van der Waals surface area contributed by atoms with Crippen molar-refractivity contribution in [3.63, 3.8) is 0 Å². The van der Waals surface area contributed by atoms with Crippen molar-refractivity contribution in [1.29, 1.82) is 0 Å². The van der Waals surface area contributed by atoms with Crippen LogP contribution in [0.5, 0.6) is 0 Å². The van der Waals surface area contributed by atoms with Crippen molar-refractivity contribution in [2.45, 2.75) is 37.5 Å². The molecule has 1 aliphatic rings. The first-order valence-electron chi connectivity index (χ1n) is 10.8. The molecule has 33 heavy (non-hydrogen) atoms. The van der Waals surface area contributed by atoms with Gasteiger partial charge in [-0.15, -0.1) is 0 Å². The highest BCUT2D eigenvalue weighted by molar-refractivity contribution is 5.68. The number of likely N-dealkylation sites (tertiary alicyclic amines) is 1. The molecule has 1 N–H and O–H groups in total. The summed E-state index contributed by atoms with van der Waals surface area (Å²) in [6, 6.07) is 17.6. The second-order valence-corrected chi connectivity index (χ2v) is 8.11. The van der Waals surface area contributed by atoms with E-state index in [1.54, 1.807) is 6.07 Å². The van der Waals surface area contributed by atoms with E-state index in [9.17, 15) is 23.1 Å². The zero-order valence-corrected chi connectivity index (χ0v) is 17.8. The smallest absolute Gasteiger partial charge is 0.410 e. The van der Waals surface area contributed by atoms with E-state index in [2.05, 4.69) is 0 Å². The third-order valence-electron chi connectivity index (χ3n) is 6.00. The van der Waals surface area contributed by atoms with E-state index in [-0.39, 0.29) is 17.7 Å². The first-order valence-corrected chi connectivity index (χ1v) is 10.8. The van der Waals surface area contributed by atoms with Crippen LogP contribution < -0.4 is 0 Å². The zero-order chi connectivity index (χ0) is 23.4. The maximum Gasteiger partial charge on any atom is 0.410 e. The van der Waals surface area contributed by atoms with Crippen LogP contribution in [-0.4, -0.2) is 34.8 Å². The zero-order valence-electron chi connectivity index (χ0n) is 17.8. The van der Waals surface area contributed by atoms with Crippen molar-refractivity contribution in [2.24, 2.45) is 0 Å². The number of aliphatic hydroxyl groups excluding tert-OH is 1. The van der Waals surface area contributed by atoms with Gasteiger partial charge in [0.25, 0.3) is 0 Å². The van der Waals surface area contributed by atoms with Crippen molar-refractivity contribution in [3.05, 3.63) is 107 Å². The molecule has 3 aromatic carbocycles. The predicted molar refractivity (Wildman–Crippen MR) is 117 cm³/mol. The Bertz CT molecular complexity index is 1110. The Balaban J connectivity index is 1.61. The molecule has 0 aliphatic carbocycles. The van der Waals surface area contributed by atoms with Gasteiger partial charge in [0.15, 0.2) is 11.6 Å². The second kappa shape index (κ2) is 10.1. The van der Waals surface area contributed by atoms with Crippen LogP contribution in [0.2, 0.25) is 0 Å². The fourth-order valence-electron chi connectivity index (χ4n) is 4.42. The lowest BCUT2D eigenvalue weighted by Crippen LogP contribution is -2.45. The molecule has 1 saturated heterocycles. The van der Waals surface area contributed by atoms with Crippen LogP contribution >= 0.6 is 0 Å². The standard InChI is InChI=1S/C26H24F3NO3/c27-19-10-4-9-18(15-19)23(20-11-5-12-21(28)24(20)29)25(31)22-13-6-14-30(22)26(32)33-16-17-7-2-1-3-8-17/h1-5,7-12,15,22-23,25,31H,6,13-14,16H2/t22-,23-,25+/m1/s1. The maximum absolute atomic E-state index is 14.8. The van der Waals surface area contributed by atoms with Gasteiger partial charge in [0.05, 0.1) is 12.1 Å². The normalized spacial score (nSPS) is 17.6. The number of aliphatic hydroxyl groups is 1. The van der Waals surface area contributed by atoms with E-state index in [4.69, 9.17) is 4.74 Å². The summed E-state index contributed by atoms with van der Waals surface area (Å²) < 4.78 is 48.2. The molecule has 0 spiro atoms. The van der Waals surface area contributed by atoms with Crippen molar-refractivity contribution < 1.29 is 27.8 Å². The van der Waals surface area contributed by atoms with E-state index >= 15 is 0 Å². The molecule has 3 aromatic rings. The van der Waals surface area contributed by atoms with Gasteiger partial charge in [-0.1, -0.05) is 54.6 Å². The fraction of sp³-hybridized carbons (Fsp3) is 0.269. The number of nitrogens with zero attached hydrogens (tertiary/aromatic N) is 1. The Morgan fingerprint density at radius 1 is 1.03 bits per heavy atom. The minimum Gasteiger partial charge on any atom is -0.445 e. The summed E-state index contributed by atoms with van der Waals surface area (Å²) in [6.45, 7) is 0.432. The van der Waals surface area contributed by atoms with Gasteiger partial charge in [0, 0.05) is 18.0 Å². The molecule has 1 heterocycles. The fourth-order valence-corrected chi connectivity index (χ4v) is 4.42. The first kappa shape index (κ1) is 22.9. The molecule has 3 atom stereocenters. The molecule has 0 unspecified atom stereocenters. The van der Waals surface area contributed by atoms with Gasteiger partial charge in [0.1, 0.15) is 12.4 Å². The molecule has 1 fully saturated rings. The minimum atomic E-state index is -1.31. The lowest BCUT2D eigenvalue weighted by atomic mass is 9.82. The van der Waals surface area contributed by atoms with E-state index in [1.165, 1.54) is 35.2 Å². The lowest BCUT2D eigenvalue weighted by molar-refractivity contribution is 0.0409. The summed E-state index contributed by atoms with van der Waals surface area (Å²) in [4.78, 5) is 14.2. The van der Waals surface area contributed by atoms with Crippen LogP contribution in [-0.2, 0) is 11.3 Å². The van der Waals surface area contributed by atoms with Crippen LogP contribution in [0, 0.1) is 17.5 Å². The Labute approximate surface area is 190 Å². The van der Waals surface area contributed by atoms with Crippen molar-refractivity contribution >= 4 is 6.09 Å². The third kappa shape index (κ3) is 5.03. The molecule has 4 nitrogen and oxygen atoms in total. The predicted octanol–water partition coefficient (Wildman–Crippen LogP) is 5.40. The lowest BCUT2D eigenvalue weighted by Gasteiger charge is -2.33. The molecular formula is C26H24F3NO3. The van der Waals surface area contributed by atoms with E-state index in [0.29, 0.717) is 19.4 Å². The number of carbonyl (C=O) groups is 1. The van der Waals surface area contributed by atoms with Crippen LogP contribution in [0.4, 0.5) is 18.0 Å². The first-order chi connectivity index (χ1) is 16.0. The summed E-state index contributed by atoms with van der Waals surface area (Å²) >= 11 is 0. The largest absolute Gasteiger partial charge is 0.445 e. The summed E-state index contributed by atoms with van der Waals surface area (Å²) in [5.74, 6) is -3.82. The number of benzene rings is 3. The topological polar surface area (TPSA) is 49.8 Å². The molecule has 1 amide bonds. The average Bonchev–Trinajstić information content (AvgIpc) is 3.31. The molecule has 7 heteroatoms. The number of ether oxygens (including phenoxy) is 1. The quantitative estimate of drug-likeness (QED) is 0.542. The van der Waals surface area contributed by atoms with E-state index < -0.39 is 41.6 Å². The highest BCUT2D eigenvalue weighted by atomic mass is 19.2. The number of halogens is 3. The van der Waals surface area contributed by atoms with E-state index in [0.717, 1.165) is 11.6 Å². The van der Waals surface area contributed by atoms with Gasteiger partial charge < -0.3 is 14.7 Å². The SMILES string of the molecule is O=C(OCc1ccccc1)N1CCC[C@@H]1[C@H](O)[C@H](c1cccc(F)c1)c1cccc(F)c1F. The monoisotopic (exact) mass is 455 g/mol. The highest BCUT2D eigenvalue weighted by Crippen LogP contribution is 2.36. The van der Waals surface area contributed by atoms with Crippen molar-refractivity contribution in [1.82, 2.24) is 4.90 Å². The maximum atomic E-state index is 14.8. The number of carbonyl (C=O) groups excluding carboxylic acids is 1. The molecule has 172 valence electrons. The average molecular weight is 455 g/mol. The number of hydrogen-bond acceptors (Lipinski definition) is 3. The molecule has 4 rings (SSSR count). The van der Waals surface area contributed by atoms with Gasteiger partial charge >= 0.3 is 6.09 Å². The molecular weight excluding hydrogens is 431 g/mol. The molecule has 0 aromatic heterocycles. The third-order valence-corrected chi connectivity index (χ3v) is 6.00. The Morgan fingerprint density at radius 2 is 1.79 bits per heavy atom. The Morgan fingerprint density at radius 3 is 2.55 bits per heavy atom. The van der Waals surface area contributed by atoms with Crippen LogP contribution in [0.25, 0.3) is 0 Å². The van der Waals surface area contributed by atoms with Crippen molar-refractivity contribution in [2.75, 3.05) is 6.54 Å². The van der Waals surface area contributed by atoms with Crippen LogP contribution in [0.3, 0.4) is 0 Å². The number of amides is 1. The summed E-state index contributed by atoms with van der Waals surface area (Å²) in [5.41, 5.74) is 1.01. The van der Waals surface area contributed by atoms with Crippen LogP contribution in [0.15, 0.2) is 72.8 Å². The van der Waals surface area contributed by atoms with E-state index in [1.807, 2.05) is 30.3 Å². The molecule has 0 saturated carbocycles. The van der Waals surface area contributed by atoms with Gasteiger partial charge in [0.2, 0.25) is 0 Å². The summed E-state index contributed by atoms with van der Waals surface area (Å²) in [5, 5.41) is 11.4. The summed E-state index contributed by atoms with van der Waals surface area (Å²) in [7, 11) is 0. The molecule has 1 aliphatic heterocycles. The minimum absolute atomic E-state index is 0.0742. The van der Waals surface area contributed by atoms with Gasteiger partial charge in [-0.25, -0.2) is 18.0 Å². The Kier molecular flexibility index (Phi) is 6.99.